The third-order valence-corrected chi connectivity index (χ3v) is 3.32. The molecule has 3 nitrogen and oxygen atoms in total. The van der Waals surface area contributed by atoms with Crippen molar-refractivity contribution in [2.75, 3.05) is 0 Å². The number of rotatable bonds is 4. The van der Waals surface area contributed by atoms with E-state index in [9.17, 15) is 5.11 Å². The first kappa shape index (κ1) is 13.1. The Bertz CT molecular complexity index is 531. The van der Waals surface area contributed by atoms with E-state index in [0.717, 1.165) is 29.8 Å². The molecule has 1 aromatic heterocycles. The molecule has 1 N–H and O–H groups in total. The van der Waals surface area contributed by atoms with E-state index >= 15 is 0 Å². The van der Waals surface area contributed by atoms with Crippen LogP contribution in [0, 0.1) is 6.92 Å². The minimum Gasteiger partial charge on any atom is -0.391 e. The number of hydrogen-bond donors (Lipinski definition) is 1. The molecule has 0 aliphatic heterocycles. The molecule has 0 amide bonds. The topological polar surface area (TPSA) is 38.0 Å². The maximum absolute atomic E-state index is 9.39. The highest BCUT2D eigenvalue weighted by Gasteiger charge is 2.15. The smallest absolute Gasteiger partial charge is 0.138 e. The van der Waals surface area contributed by atoms with Gasteiger partial charge in [-0.2, -0.15) is 5.10 Å². The summed E-state index contributed by atoms with van der Waals surface area (Å²) in [7, 11) is 0. The van der Waals surface area contributed by atoms with Gasteiger partial charge < -0.3 is 5.11 Å². The zero-order valence-corrected chi connectivity index (χ0v) is 11.4. The van der Waals surface area contributed by atoms with Crippen LogP contribution in [0.2, 0.25) is 5.15 Å². The molecule has 0 unspecified atom stereocenters. The molecule has 0 aliphatic rings. The van der Waals surface area contributed by atoms with Crippen molar-refractivity contribution >= 4 is 11.6 Å². The third-order valence-electron chi connectivity index (χ3n) is 2.93. The van der Waals surface area contributed by atoms with Gasteiger partial charge in [0.15, 0.2) is 0 Å². The van der Waals surface area contributed by atoms with Crippen LogP contribution in [0.5, 0.6) is 0 Å². The van der Waals surface area contributed by atoms with Crippen LogP contribution in [0.3, 0.4) is 0 Å². The van der Waals surface area contributed by atoms with Gasteiger partial charge in [-0.15, -0.1) is 0 Å². The largest absolute Gasteiger partial charge is 0.391 e. The van der Waals surface area contributed by atoms with Gasteiger partial charge in [0.05, 0.1) is 18.0 Å². The second kappa shape index (κ2) is 5.55. The minimum atomic E-state index is -0.0694. The Labute approximate surface area is 112 Å². The van der Waals surface area contributed by atoms with Gasteiger partial charge >= 0.3 is 0 Å². The summed E-state index contributed by atoms with van der Waals surface area (Å²) >= 11 is 6.28. The summed E-state index contributed by atoms with van der Waals surface area (Å²) in [5.41, 5.74) is 3.73. The third kappa shape index (κ3) is 2.42. The number of benzene rings is 1. The van der Waals surface area contributed by atoms with Crippen molar-refractivity contribution < 1.29 is 5.11 Å². The van der Waals surface area contributed by atoms with Gasteiger partial charge in [0.1, 0.15) is 5.15 Å². The van der Waals surface area contributed by atoms with Crippen LogP contribution >= 0.6 is 11.6 Å². The fourth-order valence-electron chi connectivity index (χ4n) is 1.92. The number of hydrogen-bond acceptors (Lipinski definition) is 2. The van der Waals surface area contributed by atoms with E-state index in [1.54, 1.807) is 4.68 Å². The minimum absolute atomic E-state index is 0.0694. The summed E-state index contributed by atoms with van der Waals surface area (Å²) in [6.07, 6.45) is 1.81. The SMILES string of the molecule is CCCc1nn(-c2ccc(C)cc2)c(Cl)c1CO. The van der Waals surface area contributed by atoms with Gasteiger partial charge in [-0.1, -0.05) is 42.6 Å². The summed E-state index contributed by atoms with van der Waals surface area (Å²) in [6, 6.07) is 7.99. The molecule has 0 atom stereocenters. The van der Waals surface area contributed by atoms with Gasteiger partial charge in [0.2, 0.25) is 0 Å². The highest BCUT2D eigenvalue weighted by Crippen LogP contribution is 2.24. The molecule has 0 radical (unpaired) electrons. The predicted octanol–water partition coefficient (Wildman–Crippen LogP) is 3.28. The molecule has 2 rings (SSSR count). The lowest BCUT2D eigenvalue weighted by atomic mass is 10.2. The Morgan fingerprint density at radius 2 is 1.94 bits per heavy atom. The molecule has 1 heterocycles. The zero-order valence-electron chi connectivity index (χ0n) is 10.7. The number of halogens is 1. The molecule has 18 heavy (non-hydrogen) atoms. The number of aromatic nitrogens is 2. The summed E-state index contributed by atoms with van der Waals surface area (Å²) < 4.78 is 1.69. The van der Waals surface area contributed by atoms with Crippen LogP contribution in [0.1, 0.15) is 30.2 Å². The van der Waals surface area contributed by atoms with Gasteiger partial charge in [0.25, 0.3) is 0 Å². The standard InChI is InChI=1S/C14H17ClN2O/c1-3-4-13-12(9-18)14(15)17(16-13)11-7-5-10(2)6-8-11/h5-8,18H,3-4,9H2,1-2H3. The van der Waals surface area contributed by atoms with E-state index in [1.165, 1.54) is 5.56 Å². The van der Waals surface area contributed by atoms with Crippen molar-refractivity contribution in [3.63, 3.8) is 0 Å². The molecule has 0 bridgehead atoms. The normalized spacial score (nSPS) is 10.9. The van der Waals surface area contributed by atoms with Gasteiger partial charge in [0, 0.05) is 5.56 Å². The Balaban J connectivity index is 2.47. The average Bonchev–Trinajstić information content (AvgIpc) is 2.67. The molecule has 1 aromatic carbocycles. The lowest BCUT2D eigenvalue weighted by Crippen LogP contribution is -1.97. The molecule has 0 saturated heterocycles. The van der Waals surface area contributed by atoms with Crippen LogP contribution in [-0.2, 0) is 13.0 Å². The number of aliphatic hydroxyl groups is 1. The van der Waals surface area contributed by atoms with Crippen LogP contribution < -0.4 is 0 Å². The Kier molecular flexibility index (Phi) is 4.04. The maximum atomic E-state index is 9.39. The van der Waals surface area contributed by atoms with Crippen molar-refractivity contribution in [2.45, 2.75) is 33.3 Å². The molecular formula is C14H17ClN2O. The second-order valence-electron chi connectivity index (χ2n) is 4.37. The van der Waals surface area contributed by atoms with Crippen molar-refractivity contribution in [3.05, 3.63) is 46.2 Å². The van der Waals surface area contributed by atoms with Crippen molar-refractivity contribution in [1.29, 1.82) is 0 Å². The molecule has 0 spiro atoms. The lowest BCUT2D eigenvalue weighted by Gasteiger charge is -2.03. The van der Waals surface area contributed by atoms with Gasteiger partial charge in [-0.25, -0.2) is 4.68 Å². The number of aryl methyl sites for hydroxylation is 2. The average molecular weight is 265 g/mol. The summed E-state index contributed by atoms with van der Waals surface area (Å²) in [4.78, 5) is 0. The highest BCUT2D eigenvalue weighted by atomic mass is 35.5. The van der Waals surface area contributed by atoms with Gasteiger partial charge in [-0.3, -0.25) is 0 Å². The fourth-order valence-corrected chi connectivity index (χ4v) is 2.23. The van der Waals surface area contributed by atoms with Crippen LogP contribution in [0.15, 0.2) is 24.3 Å². The molecule has 2 aromatic rings. The van der Waals surface area contributed by atoms with Gasteiger partial charge in [-0.05, 0) is 25.5 Å². The first-order valence-corrected chi connectivity index (χ1v) is 6.49. The fraction of sp³-hybridized carbons (Fsp3) is 0.357. The second-order valence-corrected chi connectivity index (χ2v) is 4.73. The summed E-state index contributed by atoms with van der Waals surface area (Å²) in [5, 5.41) is 14.4. The zero-order chi connectivity index (χ0) is 13.1. The highest BCUT2D eigenvalue weighted by molar-refractivity contribution is 6.30. The lowest BCUT2D eigenvalue weighted by molar-refractivity contribution is 0.280. The Morgan fingerprint density at radius 3 is 2.50 bits per heavy atom. The number of aliphatic hydroxyl groups excluding tert-OH is 1. The molecule has 0 fully saturated rings. The summed E-state index contributed by atoms with van der Waals surface area (Å²) in [6.45, 7) is 4.05. The predicted molar refractivity (Wildman–Crippen MR) is 73.2 cm³/mol. The van der Waals surface area contributed by atoms with Crippen molar-refractivity contribution in [2.24, 2.45) is 0 Å². The van der Waals surface area contributed by atoms with Crippen LogP contribution in [0.25, 0.3) is 5.69 Å². The van der Waals surface area contributed by atoms with Crippen molar-refractivity contribution in [1.82, 2.24) is 9.78 Å². The van der Waals surface area contributed by atoms with E-state index in [1.807, 2.05) is 31.2 Å². The molecule has 0 saturated carbocycles. The van der Waals surface area contributed by atoms with E-state index in [2.05, 4.69) is 12.0 Å². The maximum Gasteiger partial charge on any atom is 0.138 e. The van der Waals surface area contributed by atoms with E-state index in [-0.39, 0.29) is 6.61 Å². The summed E-state index contributed by atoms with van der Waals surface area (Å²) in [5.74, 6) is 0. The Morgan fingerprint density at radius 1 is 1.28 bits per heavy atom. The monoisotopic (exact) mass is 264 g/mol. The quantitative estimate of drug-likeness (QED) is 0.920. The molecular weight excluding hydrogens is 248 g/mol. The van der Waals surface area contributed by atoms with E-state index in [0.29, 0.717) is 5.15 Å². The first-order chi connectivity index (χ1) is 8.67. The van der Waals surface area contributed by atoms with E-state index in [4.69, 9.17) is 11.6 Å². The number of nitrogens with zero attached hydrogens (tertiary/aromatic N) is 2. The Hall–Kier alpha value is -1.32. The first-order valence-electron chi connectivity index (χ1n) is 6.11. The van der Waals surface area contributed by atoms with Crippen LogP contribution in [0.4, 0.5) is 0 Å². The molecule has 4 heteroatoms. The van der Waals surface area contributed by atoms with E-state index < -0.39 is 0 Å². The molecule has 96 valence electrons. The van der Waals surface area contributed by atoms with Crippen LogP contribution in [-0.4, -0.2) is 14.9 Å². The van der Waals surface area contributed by atoms with Crippen molar-refractivity contribution in [3.8, 4) is 5.69 Å². The molecule has 0 aliphatic carbocycles.